The molecule has 1 aliphatic heterocycles. The Kier molecular flexibility index (Phi) is 10.2. The van der Waals surface area contributed by atoms with E-state index < -0.39 is 16.3 Å². The second kappa shape index (κ2) is 14.7. The van der Waals surface area contributed by atoms with Gasteiger partial charge in [0, 0.05) is 42.7 Å². The number of ether oxygens (including phenoxy) is 2. The van der Waals surface area contributed by atoms with Gasteiger partial charge in [0.25, 0.3) is 0 Å². The van der Waals surface area contributed by atoms with Crippen LogP contribution in [-0.2, 0) is 32.6 Å². The number of fused-ring (bicyclic) bond motifs is 1. The zero-order valence-corrected chi connectivity index (χ0v) is 27.1. The van der Waals surface area contributed by atoms with Crippen LogP contribution in [0.3, 0.4) is 0 Å². The monoisotopic (exact) mass is 649 g/mol. The summed E-state index contributed by atoms with van der Waals surface area (Å²) in [6.07, 6.45) is 2.26. The predicted octanol–water partition coefficient (Wildman–Crippen LogP) is 6.26. The smallest absolute Gasteiger partial charge is 0.243 e. The van der Waals surface area contributed by atoms with Crippen LogP contribution in [0.2, 0.25) is 0 Å². The first-order chi connectivity index (χ1) is 22.9. The normalized spacial score (nSPS) is 20.0. The number of sulfonamides is 1. The molecule has 4 aromatic carbocycles. The molecule has 1 aliphatic rings. The zero-order chi connectivity index (χ0) is 32.8. The van der Waals surface area contributed by atoms with E-state index >= 15 is 0 Å². The summed E-state index contributed by atoms with van der Waals surface area (Å²) >= 11 is 0. The minimum Gasteiger partial charge on any atom is -0.392 e. The van der Waals surface area contributed by atoms with Crippen molar-refractivity contribution in [2.24, 2.45) is 0 Å². The van der Waals surface area contributed by atoms with Crippen LogP contribution in [0.1, 0.15) is 46.1 Å². The van der Waals surface area contributed by atoms with Gasteiger partial charge < -0.3 is 19.5 Å². The zero-order valence-electron chi connectivity index (χ0n) is 26.3. The molecule has 8 nitrogen and oxygen atoms in total. The highest BCUT2D eigenvalue weighted by Gasteiger charge is 2.42. The van der Waals surface area contributed by atoms with E-state index in [0.29, 0.717) is 18.6 Å². The number of hydrogen-bond acceptors (Lipinski definition) is 7. The molecule has 0 spiro atoms. The Morgan fingerprint density at radius 3 is 2.28 bits per heavy atom. The van der Waals surface area contributed by atoms with Crippen LogP contribution in [0, 0.1) is 0 Å². The molecular formula is C38H39N3O5S. The number of benzene rings is 4. The second-order valence-electron chi connectivity index (χ2n) is 11.8. The van der Waals surface area contributed by atoms with E-state index in [2.05, 4.69) is 33.3 Å². The van der Waals surface area contributed by atoms with Crippen molar-refractivity contribution in [1.82, 2.24) is 14.6 Å². The molecule has 0 saturated carbocycles. The van der Waals surface area contributed by atoms with E-state index in [9.17, 15) is 13.5 Å². The lowest BCUT2D eigenvalue weighted by atomic mass is 9.83. The van der Waals surface area contributed by atoms with Crippen molar-refractivity contribution in [1.29, 1.82) is 0 Å². The van der Waals surface area contributed by atoms with Gasteiger partial charge in [0.05, 0.1) is 24.3 Å². The lowest BCUT2D eigenvalue weighted by molar-refractivity contribution is -0.263. The largest absolute Gasteiger partial charge is 0.392 e. The van der Waals surface area contributed by atoms with Gasteiger partial charge >= 0.3 is 0 Å². The topological polar surface area (TPSA) is 101 Å². The van der Waals surface area contributed by atoms with Gasteiger partial charge in [-0.05, 0) is 41.4 Å². The maximum atomic E-state index is 13.2. The van der Waals surface area contributed by atoms with Gasteiger partial charge in [-0.25, -0.2) is 13.1 Å². The number of hydrogen-bond donors (Lipinski definition) is 2. The summed E-state index contributed by atoms with van der Waals surface area (Å²) < 4.78 is 42.8. The molecule has 5 aromatic rings. The first-order valence-corrected chi connectivity index (χ1v) is 17.1. The van der Waals surface area contributed by atoms with Gasteiger partial charge in [-0.15, -0.1) is 6.58 Å². The van der Waals surface area contributed by atoms with Gasteiger partial charge in [0.2, 0.25) is 10.0 Å². The summed E-state index contributed by atoms with van der Waals surface area (Å²) in [5.74, 6) is -0.100. The van der Waals surface area contributed by atoms with Crippen molar-refractivity contribution in [2.75, 3.05) is 20.1 Å². The van der Waals surface area contributed by atoms with Gasteiger partial charge in [-0.2, -0.15) is 0 Å². The standard InChI is InChI=1S/C38H39N3O5S/c1-3-23-41(2)25-33-35(29-9-5-4-6-10-29)37(31-18-16-28(26-42)17-19-31)46-38(45-33)32-20-14-27(15-21-32)24-40-47(43,44)34-13-7-11-30-12-8-22-39-36(30)34/h3-22,33,35,37-38,40,42H,1,23-26H2,2H3/t33-,35-,37+,38?/m1/s1. The molecule has 1 fully saturated rings. The van der Waals surface area contributed by atoms with Gasteiger partial charge in [-0.3, -0.25) is 4.98 Å². The molecule has 6 rings (SSSR count). The first kappa shape index (κ1) is 32.7. The van der Waals surface area contributed by atoms with Crippen molar-refractivity contribution >= 4 is 20.9 Å². The number of nitrogens with zero attached hydrogens (tertiary/aromatic N) is 2. The number of aliphatic hydroxyl groups excluding tert-OH is 1. The van der Waals surface area contributed by atoms with Crippen molar-refractivity contribution < 1.29 is 23.0 Å². The van der Waals surface area contributed by atoms with Gasteiger partial charge in [-0.1, -0.05) is 103 Å². The molecule has 1 unspecified atom stereocenters. The maximum Gasteiger partial charge on any atom is 0.243 e. The van der Waals surface area contributed by atoms with Crippen molar-refractivity contribution in [3.8, 4) is 0 Å². The molecule has 242 valence electrons. The highest BCUT2D eigenvalue weighted by Crippen LogP contribution is 2.47. The summed E-state index contributed by atoms with van der Waals surface area (Å²) in [5.41, 5.74) is 5.00. The van der Waals surface area contributed by atoms with E-state index in [1.54, 1.807) is 24.4 Å². The number of para-hydroxylation sites is 1. The molecule has 1 aromatic heterocycles. The Bertz CT molecular complexity index is 1900. The quantitative estimate of drug-likeness (QED) is 0.154. The molecule has 0 aliphatic carbocycles. The summed E-state index contributed by atoms with van der Waals surface area (Å²) in [7, 11) is -1.76. The molecule has 0 amide bonds. The van der Waals surface area contributed by atoms with Crippen LogP contribution < -0.4 is 4.72 Å². The Morgan fingerprint density at radius 2 is 1.55 bits per heavy atom. The third-order valence-electron chi connectivity index (χ3n) is 8.51. The van der Waals surface area contributed by atoms with E-state index in [4.69, 9.17) is 9.47 Å². The van der Waals surface area contributed by atoms with Crippen LogP contribution in [0.25, 0.3) is 10.9 Å². The van der Waals surface area contributed by atoms with Crippen LogP contribution in [-0.4, -0.2) is 49.6 Å². The summed E-state index contributed by atoms with van der Waals surface area (Å²) in [5, 5.41) is 10.4. The fourth-order valence-electron chi connectivity index (χ4n) is 6.11. The number of pyridine rings is 1. The molecule has 2 N–H and O–H groups in total. The highest BCUT2D eigenvalue weighted by atomic mass is 32.2. The SMILES string of the molecule is C=CCN(C)C[C@H]1OC(c2ccc(CNS(=O)(=O)c3cccc4cccnc34)cc2)O[C@@H](c2ccc(CO)cc2)[C@@H]1c1ccccc1. The van der Waals surface area contributed by atoms with Crippen LogP contribution >= 0.6 is 0 Å². The third kappa shape index (κ3) is 7.52. The minimum absolute atomic E-state index is 0.0318. The fraction of sp³-hybridized carbons (Fsp3) is 0.237. The Balaban J connectivity index is 1.26. The first-order valence-electron chi connectivity index (χ1n) is 15.6. The highest BCUT2D eigenvalue weighted by molar-refractivity contribution is 7.89. The predicted molar refractivity (Wildman–Crippen MR) is 183 cm³/mol. The Hall–Kier alpha value is -4.22. The summed E-state index contributed by atoms with van der Waals surface area (Å²) in [4.78, 5) is 6.63. The molecule has 0 radical (unpaired) electrons. The van der Waals surface area contributed by atoms with E-state index in [1.165, 1.54) is 0 Å². The number of aliphatic hydroxyl groups is 1. The average Bonchev–Trinajstić information content (AvgIpc) is 3.11. The van der Waals surface area contributed by atoms with Crippen LogP contribution in [0.15, 0.2) is 133 Å². The summed E-state index contributed by atoms with van der Waals surface area (Å²) in [6.45, 7) is 5.35. The molecule has 0 bridgehead atoms. The summed E-state index contributed by atoms with van der Waals surface area (Å²) in [6, 6.07) is 34.5. The van der Waals surface area contributed by atoms with Crippen molar-refractivity contribution in [2.45, 2.75) is 42.5 Å². The molecule has 2 heterocycles. The number of nitrogens with one attached hydrogen (secondary N) is 1. The molecule has 47 heavy (non-hydrogen) atoms. The Labute approximate surface area is 276 Å². The molecular weight excluding hydrogens is 611 g/mol. The van der Waals surface area contributed by atoms with E-state index in [1.807, 2.05) is 92.0 Å². The number of likely N-dealkylation sites (N-methyl/N-ethyl adjacent to an activating group) is 1. The van der Waals surface area contributed by atoms with Crippen LogP contribution in [0.5, 0.6) is 0 Å². The minimum atomic E-state index is -3.80. The second-order valence-corrected chi connectivity index (χ2v) is 13.5. The molecule has 1 saturated heterocycles. The lowest BCUT2D eigenvalue weighted by Gasteiger charge is -2.44. The van der Waals surface area contributed by atoms with Gasteiger partial charge in [0.1, 0.15) is 4.90 Å². The lowest BCUT2D eigenvalue weighted by Crippen LogP contribution is -2.43. The van der Waals surface area contributed by atoms with E-state index in [-0.39, 0.29) is 36.2 Å². The van der Waals surface area contributed by atoms with Crippen molar-refractivity contribution in [3.63, 3.8) is 0 Å². The Morgan fingerprint density at radius 1 is 0.851 bits per heavy atom. The van der Waals surface area contributed by atoms with Gasteiger partial charge in [0.15, 0.2) is 6.29 Å². The fourth-order valence-corrected chi connectivity index (χ4v) is 7.30. The molecule has 9 heteroatoms. The van der Waals surface area contributed by atoms with Crippen molar-refractivity contribution in [3.05, 3.63) is 156 Å². The average molecular weight is 650 g/mol. The number of rotatable bonds is 12. The third-order valence-corrected chi connectivity index (χ3v) is 9.94. The van der Waals surface area contributed by atoms with Crippen LogP contribution in [0.4, 0.5) is 0 Å². The van der Waals surface area contributed by atoms with E-state index in [0.717, 1.165) is 33.2 Å². The molecule has 4 atom stereocenters. The maximum absolute atomic E-state index is 13.2. The number of aromatic nitrogens is 1.